The van der Waals surface area contributed by atoms with Gasteiger partial charge in [0.05, 0.1) is 17.9 Å². The van der Waals surface area contributed by atoms with Crippen molar-refractivity contribution < 1.29 is 27.4 Å². The number of halogens is 4. The van der Waals surface area contributed by atoms with Crippen LogP contribution in [0.1, 0.15) is 25.6 Å². The van der Waals surface area contributed by atoms with E-state index in [1.165, 1.54) is 23.2 Å². The fourth-order valence-electron chi connectivity index (χ4n) is 2.36. The van der Waals surface area contributed by atoms with Crippen LogP contribution in [0.4, 0.5) is 13.2 Å². The molecule has 5 nitrogen and oxygen atoms in total. The highest BCUT2D eigenvalue weighted by Crippen LogP contribution is 2.23. The summed E-state index contributed by atoms with van der Waals surface area (Å²) in [5.41, 5.74) is 0.505. The summed E-state index contributed by atoms with van der Waals surface area (Å²) in [7, 11) is 1.60. The molecular weight excluding hydrogens is 397 g/mol. The summed E-state index contributed by atoms with van der Waals surface area (Å²) in [5.74, 6) is 0.185. The molecule has 2 atom stereocenters. The summed E-state index contributed by atoms with van der Waals surface area (Å²) in [6, 6.07) is 9.19. The van der Waals surface area contributed by atoms with E-state index in [2.05, 4.69) is 9.72 Å². The van der Waals surface area contributed by atoms with Crippen molar-refractivity contribution in [2.24, 2.45) is 0 Å². The number of alkyl halides is 3. The van der Waals surface area contributed by atoms with Gasteiger partial charge in [0.25, 0.3) is 5.91 Å². The molecule has 0 saturated carbocycles. The molecule has 0 N–H and O–H groups in total. The number of aromatic nitrogens is 1. The zero-order valence-electron chi connectivity index (χ0n) is 15.5. The third-order valence-electron chi connectivity index (χ3n) is 3.98. The molecule has 2 rings (SSSR count). The third kappa shape index (κ3) is 6.30. The molecule has 1 aromatic carbocycles. The van der Waals surface area contributed by atoms with Crippen LogP contribution in [0.3, 0.4) is 0 Å². The number of nitrogens with zero attached hydrogens (tertiary/aromatic N) is 2. The predicted octanol–water partition coefficient (Wildman–Crippen LogP) is 4.66. The summed E-state index contributed by atoms with van der Waals surface area (Å²) in [6.07, 6.45) is -3.99. The first-order valence-electron chi connectivity index (χ1n) is 8.41. The van der Waals surface area contributed by atoms with E-state index < -0.39 is 24.9 Å². The normalized spacial score (nSPS) is 13.5. The van der Waals surface area contributed by atoms with Crippen LogP contribution in [0.15, 0.2) is 42.6 Å². The zero-order chi connectivity index (χ0) is 20.9. The lowest BCUT2D eigenvalue weighted by atomic mass is 10.1. The lowest BCUT2D eigenvalue weighted by Crippen LogP contribution is -2.39. The molecule has 9 heteroatoms. The lowest BCUT2D eigenvalue weighted by Gasteiger charge is -2.27. The van der Waals surface area contributed by atoms with Crippen LogP contribution in [-0.4, -0.2) is 41.7 Å². The number of rotatable bonds is 7. The third-order valence-corrected chi connectivity index (χ3v) is 4.21. The highest BCUT2D eigenvalue weighted by atomic mass is 35.5. The number of pyridine rings is 1. The van der Waals surface area contributed by atoms with Gasteiger partial charge in [-0.1, -0.05) is 17.7 Å². The Morgan fingerprint density at radius 1 is 1.21 bits per heavy atom. The largest absolute Gasteiger partial charge is 0.483 e. The van der Waals surface area contributed by atoms with E-state index in [0.29, 0.717) is 16.5 Å². The summed E-state index contributed by atoms with van der Waals surface area (Å²) >= 11 is 5.90. The van der Waals surface area contributed by atoms with Gasteiger partial charge in [-0.25, -0.2) is 0 Å². The molecule has 0 aliphatic heterocycles. The molecule has 152 valence electrons. The Morgan fingerprint density at radius 2 is 1.93 bits per heavy atom. The van der Waals surface area contributed by atoms with E-state index in [1.807, 2.05) is 0 Å². The van der Waals surface area contributed by atoms with Gasteiger partial charge in [0.15, 0.2) is 12.7 Å². The van der Waals surface area contributed by atoms with Crippen LogP contribution in [-0.2, 0) is 4.79 Å². The zero-order valence-corrected chi connectivity index (χ0v) is 16.3. The van der Waals surface area contributed by atoms with Crippen molar-refractivity contribution in [3.8, 4) is 11.5 Å². The summed E-state index contributed by atoms with van der Waals surface area (Å²) in [4.78, 5) is 18.2. The Morgan fingerprint density at radius 3 is 2.50 bits per heavy atom. The number of carbonyl (C=O) groups is 1. The number of hydrogen-bond donors (Lipinski definition) is 0. The molecule has 0 bridgehead atoms. The van der Waals surface area contributed by atoms with Crippen molar-refractivity contribution in [3.05, 3.63) is 53.3 Å². The van der Waals surface area contributed by atoms with Gasteiger partial charge >= 0.3 is 6.18 Å². The first-order valence-corrected chi connectivity index (χ1v) is 8.79. The van der Waals surface area contributed by atoms with Crippen molar-refractivity contribution >= 4 is 17.5 Å². The molecule has 0 spiro atoms. The molecule has 0 aliphatic carbocycles. The van der Waals surface area contributed by atoms with Gasteiger partial charge in [0, 0.05) is 12.1 Å². The molecule has 1 unspecified atom stereocenters. The Hall–Kier alpha value is -2.48. The van der Waals surface area contributed by atoms with Gasteiger partial charge in [-0.15, -0.1) is 0 Å². The lowest BCUT2D eigenvalue weighted by molar-refractivity contribution is -0.153. The van der Waals surface area contributed by atoms with Gasteiger partial charge in [-0.3, -0.25) is 9.78 Å². The Kier molecular flexibility index (Phi) is 7.12. The van der Waals surface area contributed by atoms with Crippen molar-refractivity contribution in [1.82, 2.24) is 9.88 Å². The van der Waals surface area contributed by atoms with E-state index in [4.69, 9.17) is 16.3 Å². The van der Waals surface area contributed by atoms with Gasteiger partial charge < -0.3 is 14.4 Å². The molecule has 1 heterocycles. The maximum atomic E-state index is 12.6. The number of ether oxygens (including phenoxy) is 2. The minimum Gasteiger partial charge on any atom is -0.483 e. The standard InChI is InChI=1S/C19H20ClF3N2O3/c1-12(17-8-7-16(10-24-17)27-11-19(21,22)23)25(3)18(26)13(2)28-15-6-4-5-14(20)9-15/h4-10,12-13H,11H2,1-3H3/t12?,13-/m1/s1. The van der Waals surface area contributed by atoms with Crippen molar-refractivity contribution in [1.29, 1.82) is 0 Å². The van der Waals surface area contributed by atoms with Crippen LogP contribution in [0.5, 0.6) is 11.5 Å². The topological polar surface area (TPSA) is 51.7 Å². The summed E-state index contributed by atoms with van der Waals surface area (Å²) < 4.78 is 46.8. The number of likely N-dealkylation sites (N-methyl/N-ethyl adjacent to an activating group) is 1. The van der Waals surface area contributed by atoms with Gasteiger partial charge in [0.1, 0.15) is 11.5 Å². The molecule has 1 aromatic heterocycles. The number of benzene rings is 1. The molecule has 0 saturated heterocycles. The second kappa shape index (κ2) is 9.14. The molecule has 0 aliphatic rings. The molecule has 0 fully saturated rings. The van der Waals surface area contributed by atoms with Crippen LogP contribution < -0.4 is 9.47 Å². The SMILES string of the molecule is CC(c1ccc(OCC(F)(F)F)cn1)N(C)C(=O)[C@@H](C)Oc1cccc(Cl)c1. The highest BCUT2D eigenvalue weighted by Gasteiger charge is 2.29. The Bertz CT molecular complexity index is 800. The fourth-order valence-corrected chi connectivity index (χ4v) is 2.54. The van der Waals surface area contributed by atoms with Crippen molar-refractivity contribution in [2.45, 2.75) is 32.2 Å². The maximum Gasteiger partial charge on any atom is 0.422 e. The number of carbonyl (C=O) groups excluding carboxylic acids is 1. The first kappa shape index (κ1) is 21.8. The van der Waals surface area contributed by atoms with E-state index >= 15 is 0 Å². The minimum atomic E-state index is -4.42. The molecule has 1 amide bonds. The van der Waals surface area contributed by atoms with E-state index in [1.54, 1.807) is 45.2 Å². The average molecular weight is 417 g/mol. The number of hydrogen-bond acceptors (Lipinski definition) is 4. The quantitative estimate of drug-likeness (QED) is 0.658. The highest BCUT2D eigenvalue weighted by molar-refractivity contribution is 6.30. The molecular formula is C19H20ClF3N2O3. The number of amides is 1. The Labute approximate surface area is 166 Å². The van der Waals surface area contributed by atoms with Crippen LogP contribution >= 0.6 is 11.6 Å². The molecule has 28 heavy (non-hydrogen) atoms. The maximum absolute atomic E-state index is 12.6. The van der Waals surface area contributed by atoms with Crippen LogP contribution in [0.2, 0.25) is 5.02 Å². The van der Waals surface area contributed by atoms with Crippen molar-refractivity contribution in [3.63, 3.8) is 0 Å². The molecule has 0 radical (unpaired) electrons. The fraction of sp³-hybridized carbons (Fsp3) is 0.368. The van der Waals surface area contributed by atoms with Crippen molar-refractivity contribution in [2.75, 3.05) is 13.7 Å². The average Bonchev–Trinajstić information content (AvgIpc) is 2.64. The van der Waals surface area contributed by atoms with Gasteiger partial charge in [0.2, 0.25) is 0 Å². The van der Waals surface area contributed by atoms with Gasteiger partial charge in [-0.05, 0) is 44.2 Å². The monoisotopic (exact) mass is 416 g/mol. The predicted molar refractivity (Wildman–Crippen MR) is 98.5 cm³/mol. The molecule has 2 aromatic rings. The smallest absolute Gasteiger partial charge is 0.422 e. The first-order chi connectivity index (χ1) is 13.1. The van der Waals surface area contributed by atoms with Crippen LogP contribution in [0.25, 0.3) is 0 Å². The van der Waals surface area contributed by atoms with Gasteiger partial charge in [-0.2, -0.15) is 13.2 Å². The van der Waals surface area contributed by atoms with Crippen LogP contribution in [0, 0.1) is 0 Å². The minimum absolute atomic E-state index is 0.0000812. The van der Waals surface area contributed by atoms with E-state index in [-0.39, 0.29) is 11.7 Å². The Balaban J connectivity index is 1.98. The van der Waals surface area contributed by atoms with E-state index in [0.717, 1.165) is 0 Å². The second-order valence-electron chi connectivity index (χ2n) is 6.17. The second-order valence-corrected chi connectivity index (χ2v) is 6.60. The van der Waals surface area contributed by atoms with E-state index in [9.17, 15) is 18.0 Å². The summed E-state index contributed by atoms with van der Waals surface area (Å²) in [5, 5.41) is 0.496. The summed E-state index contributed by atoms with van der Waals surface area (Å²) in [6.45, 7) is 1.98.